The normalized spacial score (nSPS) is 16.8. The van der Waals surface area contributed by atoms with Crippen LogP contribution in [0.5, 0.6) is 0 Å². The van der Waals surface area contributed by atoms with Gasteiger partial charge >= 0.3 is 6.18 Å². The first-order chi connectivity index (χ1) is 11.9. The standard InChI is InChI=1S/C17H19F3N4O/c1-13(24-7-3-6-21-24)16(25)23-10-8-22(9-11-23)15-5-2-4-14(12-15)17(18,19)20/h2-7,12-13H,8-11H2,1H3. The van der Waals surface area contributed by atoms with Crippen LogP contribution >= 0.6 is 0 Å². The SMILES string of the molecule is CC(C(=O)N1CCN(c2cccc(C(F)(F)F)c2)CC1)n1cccn1. The van der Waals surface area contributed by atoms with E-state index in [0.29, 0.717) is 31.9 Å². The Balaban J connectivity index is 1.63. The van der Waals surface area contributed by atoms with Crippen molar-refractivity contribution in [3.05, 3.63) is 48.3 Å². The number of nitrogens with zero attached hydrogens (tertiary/aromatic N) is 4. The molecular weight excluding hydrogens is 333 g/mol. The van der Waals surface area contributed by atoms with Crippen LogP contribution in [0.3, 0.4) is 0 Å². The molecular formula is C17H19F3N4O. The average molecular weight is 352 g/mol. The number of amides is 1. The van der Waals surface area contributed by atoms with Gasteiger partial charge in [-0.1, -0.05) is 6.07 Å². The van der Waals surface area contributed by atoms with Gasteiger partial charge in [-0.3, -0.25) is 9.48 Å². The van der Waals surface area contributed by atoms with Crippen molar-refractivity contribution >= 4 is 11.6 Å². The molecule has 0 bridgehead atoms. The summed E-state index contributed by atoms with van der Waals surface area (Å²) in [7, 11) is 0. The number of anilines is 1. The number of alkyl halides is 3. The number of carbonyl (C=O) groups excluding carboxylic acids is 1. The number of halogens is 3. The topological polar surface area (TPSA) is 41.4 Å². The van der Waals surface area contributed by atoms with E-state index in [9.17, 15) is 18.0 Å². The van der Waals surface area contributed by atoms with E-state index < -0.39 is 17.8 Å². The molecule has 5 nitrogen and oxygen atoms in total. The second kappa shape index (κ2) is 6.78. The summed E-state index contributed by atoms with van der Waals surface area (Å²) in [5.74, 6) is -0.0348. The first-order valence-corrected chi connectivity index (χ1v) is 8.06. The summed E-state index contributed by atoms with van der Waals surface area (Å²) in [4.78, 5) is 16.1. The van der Waals surface area contributed by atoms with E-state index in [2.05, 4.69) is 5.10 Å². The minimum Gasteiger partial charge on any atom is -0.368 e. The lowest BCUT2D eigenvalue weighted by molar-refractivity contribution is -0.137. The van der Waals surface area contributed by atoms with Crippen LogP contribution in [0.2, 0.25) is 0 Å². The van der Waals surface area contributed by atoms with Gasteiger partial charge in [0.15, 0.2) is 0 Å². The van der Waals surface area contributed by atoms with E-state index in [1.54, 1.807) is 41.0 Å². The van der Waals surface area contributed by atoms with E-state index in [4.69, 9.17) is 0 Å². The number of carbonyl (C=O) groups is 1. The molecule has 0 spiro atoms. The lowest BCUT2D eigenvalue weighted by Gasteiger charge is -2.37. The van der Waals surface area contributed by atoms with Crippen molar-refractivity contribution in [2.75, 3.05) is 31.1 Å². The summed E-state index contributed by atoms with van der Waals surface area (Å²) in [6, 6.07) is 6.66. The van der Waals surface area contributed by atoms with Gasteiger partial charge in [0, 0.05) is 44.3 Å². The van der Waals surface area contributed by atoms with Crippen LogP contribution in [-0.2, 0) is 11.0 Å². The van der Waals surface area contributed by atoms with Gasteiger partial charge in [0.1, 0.15) is 6.04 Å². The van der Waals surface area contributed by atoms with Crippen molar-refractivity contribution < 1.29 is 18.0 Å². The highest BCUT2D eigenvalue weighted by Crippen LogP contribution is 2.31. The zero-order chi connectivity index (χ0) is 18.0. The van der Waals surface area contributed by atoms with Gasteiger partial charge in [-0.15, -0.1) is 0 Å². The molecule has 25 heavy (non-hydrogen) atoms. The average Bonchev–Trinajstić information content (AvgIpc) is 3.15. The Kier molecular flexibility index (Phi) is 4.69. The highest BCUT2D eigenvalue weighted by molar-refractivity contribution is 5.80. The number of hydrogen-bond acceptors (Lipinski definition) is 3. The van der Waals surface area contributed by atoms with Crippen molar-refractivity contribution in [1.82, 2.24) is 14.7 Å². The zero-order valence-electron chi connectivity index (χ0n) is 13.8. The van der Waals surface area contributed by atoms with Crippen molar-refractivity contribution in [3.63, 3.8) is 0 Å². The number of piperazine rings is 1. The van der Waals surface area contributed by atoms with E-state index in [0.717, 1.165) is 12.1 Å². The number of rotatable bonds is 3. The highest BCUT2D eigenvalue weighted by atomic mass is 19.4. The molecule has 1 atom stereocenters. The van der Waals surface area contributed by atoms with E-state index in [1.807, 2.05) is 4.90 Å². The number of hydrogen-bond donors (Lipinski definition) is 0. The van der Waals surface area contributed by atoms with Crippen LogP contribution < -0.4 is 4.90 Å². The Labute approximate surface area is 143 Å². The molecule has 2 aromatic rings. The smallest absolute Gasteiger partial charge is 0.368 e. The van der Waals surface area contributed by atoms with Gasteiger partial charge in [0.05, 0.1) is 5.56 Å². The maximum absolute atomic E-state index is 12.8. The predicted octanol–water partition coefficient (Wildman–Crippen LogP) is 2.81. The third kappa shape index (κ3) is 3.78. The van der Waals surface area contributed by atoms with Crippen LogP contribution in [0.25, 0.3) is 0 Å². The van der Waals surface area contributed by atoms with Crippen LogP contribution in [0.1, 0.15) is 18.5 Å². The molecule has 1 saturated heterocycles. The molecule has 1 fully saturated rings. The number of benzene rings is 1. The maximum atomic E-state index is 12.8. The molecule has 2 heterocycles. The van der Waals surface area contributed by atoms with Gasteiger partial charge in [0.25, 0.3) is 0 Å². The van der Waals surface area contributed by atoms with E-state index in [1.165, 1.54) is 6.07 Å². The molecule has 1 aromatic heterocycles. The largest absolute Gasteiger partial charge is 0.416 e. The Morgan fingerprint density at radius 3 is 2.48 bits per heavy atom. The summed E-state index contributed by atoms with van der Waals surface area (Å²) in [6.45, 7) is 3.73. The van der Waals surface area contributed by atoms with E-state index in [-0.39, 0.29) is 5.91 Å². The molecule has 0 saturated carbocycles. The first kappa shape index (κ1) is 17.3. The molecule has 1 unspecified atom stereocenters. The van der Waals surface area contributed by atoms with Crippen molar-refractivity contribution in [2.45, 2.75) is 19.1 Å². The molecule has 8 heteroatoms. The fourth-order valence-electron chi connectivity index (χ4n) is 2.95. The van der Waals surface area contributed by atoms with E-state index >= 15 is 0 Å². The summed E-state index contributed by atoms with van der Waals surface area (Å²) in [5, 5.41) is 4.08. The lowest BCUT2D eigenvalue weighted by atomic mass is 10.1. The van der Waals surface area contributed by atoms with Gasteiger partial charge < -0.3 is 9.80 Å². The fraction of sp³-hybridized carbons (Fsp3) is 0.412. The molecule has 1 aliphatic heterocycles. The quantitative estimate of drug-likeness (QED) is 0.853. The molecule has 1 aliphatic rings. The van der Waals surface area contributed by atoms with Crippen molar-refractivity contribution in [2.24, 2.45) is 0 Å². The van der Waals surface area contributed by atoms with Crippen LogP contribution in [-0.4, -0.2) is 46.8 Å². The summed E-state index contributed by atoms with van der Waals surface area (Å²) >= 11 is 0. The second-order valence-electron chi connectivity index (χ2n) is 6.02. The molecule has 0 aliphatic carbocycles. The van der Waals surface area contributed by atoms with Gasteiger partial charge in [-0.25, -0.2) is 0 Å². The molecule has 1 amide bonds. The highest BCUT2D eigenvalue weighted by Gasteiger charge is 2.31. The summed E-state index contributed by atoms with van der Waals surface area (Å²) in [6.07, 6.45) is -0.996. The molecule has 134 valence electrons. The maximum Gasteiger partial charge on any atom is 0.416 e. The Morgan fingerprint density at radius 1 is 1.16 bits per heavy atom. The summed E-state index contributed by atoms with van der Waals surface area (Å²) < 4.78 is 40.1. The zero-order valence-corrected chi connectivity index (χ0v) is 13.8. The Hall–Kier alpha value is -2.51. The van der Waals surface area contributed by atoms with Crippen molar-refractivity contribution in [1.29, 1.82) is 0 Å². The van der Waals surface area contributed by atoms with Gasteiger partial charge in [0.2, 0.25) is 5.91 Å². The monoisotopic (exact) mass is 352 g/mol. The Morgan fingerprint density at radius 2 is 1.88 bits per heavy atom. The summed E-state index contributed by atoms with van der Waals surface area (Å²) in [5.41, 5.74) is -0.127. The molecule has 0 N–H and O–H groups in total. The fourth-order valence-corrected chi connectivity index (χ4v) is 2.95. The minimum absolute atomic E-state index is 0.0348. The van der Waals surface area contributed by atoms with Crippen LogP contribution in [0, 0.1) is 0 Å². The van der Waals surface area contributed by atoms with Crippen molar-refractivity contribution in [3.8, 4) is 0 Å². The molecule has 0 radical (unpaired) electrons. The lowest BCUT2D eigenvalue weighted by Crippen LogP contribution is -2.50. The van der Waals surface area contributed by atoms with Crippen LogP contribution in [0.15, 0.2) is 42.7 Å². The van der Waals surface area contributed by atoms with Crippen LogP contribution in [0.4, 0.5) is 18.9 Å². The predicted molar refractivity (Wildman–Crippen MR) is 87.2 cm³/mol. The minimum atomic E-state index is -4.35. The second-order valence-corrected chi connectivity index (χ2v) is 6.02. The Bertz CT molecular complexity index is 722. The third-order valence-electron chi connectivity index (χ3n) is 4.41. The molecule has 1 aromatic carbocycles. The molecule has 3 rings (SSSR count). The first-order valence-electron chi connectivity index (χ1n) is 8.06. The van der Waals surface area contributed by atoms with Gasteiger partial charge in [-0.05, 0) is 31.2 Å². The van der Waals surface area contributed by atoms with Gasteiger partial charge in [-0.2, -0.15) is 18.3 Å². The third-order valence-corrected chi connectivity index (χ3v) is 4.41. The number of aromatic nitrogens is 2.